The second-order valence-electron chi connectivity index (χ2n) is 4.17. The smallest absolute Gasteiger partial charge is 0.255 e. The lowest BCUT2D eigenvalue weighted by Gasteiger charge is -2.30. The summed E-state index contributed by atoms with van der Waals surface area (Å²) in [5.41, 5.74) is 0.703. The first-order valence-electron chi connectivity index (χ1n) is 5.50. The van der Waals surface area contributed by atoms with Crippen molar-refractivity contribution in [2.45, 2.75) is 18.9 Å². The fourth-order valence-corrected chi connectivity index (χ4v) is 2.90. The number of aliphatic hydroxyl groups is 1. The number of rotatable bonds is 1. The maximum absolute atomic E-state index is 12.3. The Balaban J connectivity index is 2.21. The van der Waals surface area contributed by atoms with Crippen LogP contribution in [0.15, 0.2) is 22.7 Å². The van der Waals surface area contributed by atoms with E-state index < -0.39 is 0 Å². The molecule has 0 aliphatic carbocycles. The summed E-state index contributed by atoms with van der Waals surface area (Å²) in [5.74, 6) is 0.00875. The van der Waals surface area contributed by atoms with Crippen molar-refractivity contribution in [3.8, 4) is 0 Å². The lowest BCUT2D eigenvalue weighted by Crippen LogP contribution is -2.42. The van der Waals surface area contributed by atoms with E-state index in [1.54, 1.807) is 4.90 Å². The van der Waals surface area contributed by atoms with Crippen LogP contribution in [-0.2, 0) is 0 Å². The van der Waals surface area contributed by atoms with E-state index in [1.165, 1.54) is 0 Å². The third kappa shape index (κ3) is 3.20. The second kappa shape index (κ2) is 5.67. The van der Waals surface area contributed by atoms with Crippen LogP contribution in [0.1, 0.15) is 23.2 Å². The minimum absolute atomic E-state index is 0.00875. The number of likely N-dealkylation sites (tertiary alicyclic amines) is 1. The summed E-state index contributed by atoms with van der Waals surface area (Å²) in [7, 11) is 0. The number of amides is 1. The van der Waals surface area contributed by atoms with Crippen LogP contribution in [0, 0.1) is 3.57 Å². The molecule has 1 aliphatic rings. The summed E-state index contributed by atoms with van der Waals surface area (Å²) < 4.78 is 1.84. The van der Waals surface area contributed by atoms with Crippen molar-refractivity contribution in [1.82, 2.24) is 4.90 Å². The largest absolute Gasteiger partial charge is 0.391 e. The SMILES string of the molecule is O=C(c1cc(Br)ccc1I)N1CCC[C@H](O)C1. The van der Waals surface area contributed by atoms with Crippen molar-refractivity contribution in [3.05, 3.63) is 31.8 Å². The maximum atomic E-state index is 12.3. The Morgan fingerprint density at radius 1 is 1.53 bits per heavy atom. The van der Waals surface area contributed by atoms with Crippen molar-refractivity contribution in [3.63, 3.8) is 0 Å². The molecule has 3 nitrogen and oxygen atoms in total. The highest BCUT2D eigenvalue weighted by molar-refractivity contribution is 14.1. The summed E-state index contributed by atoms with van der Waals surface area (Å²) in [6.45, 7) is 1.18. The molecule has 0 saturated carbocycles. The molecular weight excluding hydrogens is 397 g/mol. The molecule has 0 aromatic heterocycles. The number of benzene rings is 1. The Kier molecular flexibility index (Phi) is 4.43. The van der Waals surface area contributed by atoms with Crippen molar-refractivity contribution in [2.24, 2.45) is 0 Å². The van der Waals surface area contributed by atoms with Gasteiger partial charge in [0.05, 0.1) is 11.7 Å². The number of hydrogen-bond acceptors (Lipinski definition) is 2. The van der Waals surface area contributed by atoms with E-state index in [4.69, 9.17) is 0 Å². The van der Waals surface area contributed by atoms with E-state index in [-0.39, 0.29) is 12.0 Å². The van der Waals surface area contributed by atoms with Gasteiger partial charge in [-0.15, -0.1) is 0 Å². The lowest BCUT2D eigenvalue weighted by molar-refractivity contribution is 0.0473. The summed E-state index contributed by atoms with van der Waals surface area (Å²) in [6.07, 6.45) is 1.29. The summed E-state index contributed by atoms with van der Waals surface area (Å²) >= 11 is 5.54. The molecule has 92 valence electrons. The third-order valence-corrected chi connectivity index (χ3v) is 4.28. The third-order valence-electron chi connectivity index (χ3n) is 2.84. The van der Waals surface area contributed by atoms with Crippen LogP contribution in [0.4, 0.5) is 0 Å². The molecule has 2 rings (SSSR count). The Hall–Kier alpha value is -0.140. The van der Waals surface area contributed by atoms with E-state index in [2.05, 4.69) is 38.5 Å². The van der Waals surface area contributed by atoms with Gasteiger partial charge in [-0.1, -0.05) is 15.9 Å². The zero-order valence-corrected chi connectivity index (χ0v) is 12.9. The molecule has 0 bridgehead atoms. The summed E-state index contributed by atoms with van der Waals surface area (Å²) in [5, 5.41) is 9.59. The van der Waals surface area contributed by atoms with Crippen LogP contribution in [0.25, 0.3) is 0 Å². The Morgan fingerprint density at radius 3 is 3.00 bits per heavy atom. The predicted octanol–water partition coefficient (Wildman–Crippen LogP) is 2.65. The van der Waals surface area contributed by atoms with Gasteiger partial charge in [-0.25, -0.2) is 0 Å². The summed E-state index contributed by atoms with van der Waals surface area (Å²) in [6, 6.07) is 5.67. The van der Waals surface area contributed by atoms with Crippen molar-refractivity contribution in [2.75, 3.05) is 13.1 Å². The van der Waals surface area contributed by atoms with E-state index in [9.17, 15) is 9.90 Å². The van der Waals surface area contributed by atoms with Gasteiger partial charge in [0.25, 0.3) is 5.91 Å². The number of halogens is 2. The van der Waals surface area contributed by atoms with Gasteiger partial charge >= 0.3 is 0 Å². The number of carbonyl (C=O) groups excluding carboxylic acids is 1. The van der Waals surface area contributed by atoms with Gasteiger partial charge in [-0.3, -0.25) is 4.79 Å². The summed E-state index contributed by atoms with van der Waals surface area (Å²) in [4.78, 5) is 14.0. The topological polar surface area (TPSA) is 40.5 Å². The fraction of sp³-hybridized carbons (Fsp3) is 0.417. The molecule has 17 heavy (non-hydrogen) atoms. The van der Waals surface area contributed by atoms with Crippen molar-refractivity contribution >= 4 is 44.4 Å². The zero-order valence-electron chi connectivity index (χ0n) is 9.20. The molecular formula is C12H13BrINO2. The quantitative estimate of drug-likeness (QED) is 0.724. The minimum Gasteiger partial charge on any atom is -0.391 e. The Morgan fingerprint density at radius 2 is 2.29 bits per heavy atom. The highest BCUT2D eigenvalue weighted by atomic mass is 127. The Labute approximate surface area is 122 Å². The van der Waals surface area contributed by atoms with E-state index in [0.717, 1.165) is 27.4 Å². The van der Waals surface area contributed by atoms with Crippen LogP contribution in [-0.4, -0.2) is 35.1 Å². The normalized spacial score (nSPS) is 20.4. The van der Waals surface area contributed by atoms with Gasteiger partial charge in [-0.05, 0) is 53.6 Å². The van der Waals surface area contributed by atoms with Gasteiger partial charge < -0.3 is 10.0 Å². The molecule has 1 aromatic rings. The van der Waals surface area contributed by atoms with Crippen molar-refractivity contribution in [1.29, 1.82) is 0 Å². The average molecular weight is 410 g/mol. The highest BCUT2D eigenvalue weighted by Crippen LogP contribution is 2.21. The maximum Gasteiger partial charge on any atom is 0.255 e. The molecule has 0 unspecified atom stereocenters. The molecule has 1 heterocycles. The number of nitrogens with zero attached hydrogens (tertiary/aromatic N) is 1. The van der Waals surface area contributed by atoms with Crippen LogP contribution < -0.4 is 0 Å². The molecule has 1 aromatic carbocycles. The number of carbonyl (C=O) groups is 1. The standard InChI is InChI=1S/C12H13BrINO2/c13-8-3-4-11(14)10(6-8)12(17)15-5-1-2-9(16)7-15/h3-4,6,9,16H,1-2,5,7H2/t9-/m0/s1. The van der Waals surface area contributed by atoms with Gasteiger partial charge in [0.1, 0.15) is 0 Å². The van der Waals surface area contributed by atoms with Gasteiger partial charge in [0, 0.05) is 21.1 Å². The molecule has 1 amide bonds. The molecule has 0 radical (unpaired) electrons. The first kappa shape index (κ1) is 13.3. The van der Waals surface area contributed by atoms with Gasteiger partial charge in [0.15, 0.2) is 0 Å². The van der Waals surface area contributed by atoms with Gasteiger partial charge in [-0.2, -0.15) is 0 Å². The van der Waals surface area contributed by atoms with Gasteiger partial charge in [0.2, 0.25) is 0 Å². The number of piperidine rings is 1. The van der Waals surface area contributed by atoms with Crippen LogP contribution in [0.2, 0.25) is 0 Å². The lowest BCUT2D eigenvalue weighted by atomic mass is 10.1. The zero-order chi connectivity index (χ0) is 12.4. The fourth-order valence-electron chi connectivity index (χ4n) is 1.97. The molecule has 1 fully saturated rings. The van der Waals surface area contributed by atoms with Crippen LogP contribution >= 0.6 is 38.5 Å². The average Bonchev–Trinajstić information content (AvgIpc) is 2.31. The monoisotopic (exact) mass is 409 g/mol. The van der Waals surface area contributed by atoms with E-state index in [1.807, 2.05) is 18.2 Å². The first-order chi connectivity index (χ1) is 8.08. The van der Waals surface area contributed by atoms with E-state index in [0.29, 0.717) is 12.1 Å². The molecule has 1 N–H and O–H groups in total. The number of hydrogen-bond donors (Lipinski definition) is 1. The minimum atomic E-state index is -0.377. The molecule has 0 spiro atoms. The van der Waals surface area contributed by atoms with E-state index >= 15 is 0 Å². The van der Waals surface area contributed by atoms with Crippen molar-refractivity contribution < 1.29 is 9.90 Å². The molecule has 1 atom stereocenters. The second-order valence-corrected chi connectivity index (χ2v) is 6.25. The number of aliphatic hydroxyl groups excluding tert-OH is 1. The first-order valence-corrected chi connectivity index (χ1v) is 7.37. The molecule has 5 heteroatoms. The molecule has 1 aliphatic heterocycles. The highest BCUT2D eigenvalue weighted by Gasteiger charge is 2.24. The van der Waals surface area contributed by atoms with Crippen LogP contribution in [0.5, 0.6) is 0 Å². The Bertz CT molecular complexity index is 439. The molecule has 1 saturated heterocycles. The predicted molar refractivity (Wildman–Crippen MR) is 78.0 cm³/mol. The van der Waals surface area contributed by atoms with Crippen LogP contribution in [0.3, 0.4) is 0 Å². The number of β-amino-alcohol motifs (C(OH)–C–C–N with tert-alkyl or cyclic N) is 1.